The lowest BCUT2D eigenvalue weighted by Gasteiger charge is -2.11. The summed E-state index contributed by atoms with van der Waals surface area (Å²) >= 11 is 0. The Balaban J connectivity index is 2.37. The minimum atomic E-state index is -0.178. The highest BCUT2D eigenvalue weighted by molar-refractivity contribution is 5.91. The molecule has 1 rings (SSSR count). The van der Waals surface area contributed by atoms with Crippen LogP contribution in [0.4, 0.5) is 5.69 Å². The van der Waals surface area contributed by atoms with Crippen molar-refractivity contribution < 1.29 is 9.53 Å². The van der Waals surface area contributed by atoms with Gasteiger partial charge < -0.3 is 10.1 Å². The van der Waals surface area contributed by atoms with Crippen LogP contribution >= 0.6 is 0 Å². The van der Waals surface area contributed by atoms with Crippen molar-refractivity contribution >= 4 is 11.6 Å². The average Bonchev–Trinajstić information content (AvgIpc) is 2.38. The molecule has 1 unspecified atom stereocenters. The third kappa shape index (κ3) is 4.98. The highest BCUT2D eigenvalue weighted by Gasteiger charge is 2.06. The molecule has 0 heterocycles. The predicted molar refractivity (Wildman–Crippen MR) is 70.1 cm³/mol. The molecule has 1 atom stereocenters. The van der Waals surface area contributed by atoms with E-state index in [2.05, 4.69) is 12.2 Å². The lowest BCUT2D eigenvalue weighted by Crippen LogP contribution is -2.21. The lowest BCUT2D eigenvalue weighted by molar-refractivity contribution is -0.122. The van der Waals surface area contributed by atoms with E-state index in [0.717, 1.165) is 12.8 Å². The molecule has 0 aliphatic carbocycles. The largest absolute Gasteiger partial charge is 0.369 e. The molecule has 0 saturated heterocycles. The van der Waals surface area contributed by atoms with Gasteiger partial charge in [-0.25, -0.2) is 0 Å². The summed E-state index contributed by atoms with van der Waals surface area (Å²) in [6, 6.07) is 8.75. The molecular weight excluding hydrogens is 228 g/mol. The number of carbonyl (C=O) groups is 1. The number of hydrogen-bond acceptors (Lipinski definition) is 3. The highest BCUT2D eigenvalue weighted by Crippen LogP contribution is 2.09. The van der Waals surface area contributed by atoms with Crippen LogP contribution < -0.4 is 5.32 Å². The van der Waals surface area contributed by atoms with E-state index < -0.39 is 0 Å². The van der Waals surface area contributed by atoms with Gasteiger partial charge in [0.25, 0.3) is 0 Å². The van der Waals surface area contributed by atoms with Crippen LogP contribution in [-0.2, 0) is 9.53 Å². The fraction of sp³-hybridized carbons (Fsp3) is 0.429. The van der Waals surface area contributed by atoms with E-state index in [1.807, 2.05) is 13.0 Å². The molecule has 0 radical (unpaired) electrons. The maximum atomic E-state index is 11.6. The minimum Gasteiger partial charge on any atom is -0.369 e. The van der Waals surface area contributed by atoms with E-state index in [0.29, 0.717) is 11.3 Å². The fourth-order valence-corrected chi connectivity index (χ4v) is 1.53. The molecule has 0 saturated carbocycles. The van der Waals surface area contributed by atoms with Crippen molar-refractivity contribution in [3.8, 4) is 6.07 Å². The van der Waals surface area contributed by atoms with Crippen molar-refractivity contribution in [1.82, 2.24) is 0 Å². The minimum absolute atomic E-state index is 0.0567. The van der Waals surface area contributed by atoms with Crippen LogP contribution in [0.2, 0.25) is 0 Å². The molecule has 0 fully saturated rings. The molecule has 0 bridgehead atoms. The van der Waals surface area contributed by atoms with Crippen LogP contribution in [0.15, 0.2) is 24.3 Å². The number of amides is 1. The second-order valence-electron chi connectivity index (χ2n) is 4.15. The predicted octanol–water partition coefficient (Wildman–Crippen LogP) is 2.70. The topological polar surface area (TPSA) is 62.1 Å². The van der Waals surface area contributed by atoms with Crippen molar-refractivity contribution in [2.45, 2.75) is 32.8 Å². The first-order chi connectivity index (χ1) is 8.65. The second kappa shape index (κ2) is 7.46. The van der Waals surface area contributed by atoms with Gasteiger partial charge in [0.1, 0.15) is 6.61 Å². The van der Waals surface area contributed by atoms with E-state index in [9.17, 15) is 4.79 Å². The van der Waals surface area contributed by atoms with Gasteiger partial charge in [-0.05, 0) is 37.6 Å². The van der Waals surface area contributed by atoms with Crippen LogP contribution in [0.25, 0.3) is 0 Å². The standard InChI is InChI=1S/C14H18N2O2/c1-3-4-11(2)18-10-14(17)16-13-7-5-12(9-15)6-8-13/h5-8,11H,3-4,10H2,1-2H3,(H,16,17). The van der Waals surface area contributed by atoms with Crippen LogP contribution in [0, 0.1) is 11.3 Å². The average molecular weight is 246 g/mol. The molecule has 4 heteroatoms. The zero-order chi connectivity index (χ0) is 13.4. The molecule has 18 heavy (non-hydrogen) atoms. The molecule has 1 aromatic rings. The maximum absolute atomic E-state index is 11.6. The molecule has 1 aromatic carbocycles. The first kappa shape index (κ1) is 14.2. The Bertz CT molecular complexity index is 420. The van der Waals surface area contributed by atoms with Gasteiger partial charge >= 0.3 is 0 Å². The Labute approximate surface area is 108 Å². The zero-order valence-corrected chi connectivity index (χ0v) is 10.8. The van der Waals surface area contributed by atoms with Gasteiger partial charge in [-0.1, -0.05) is 13.3 Å². The Morgan fingerprint density at radius 1 is 1.44 bits per heavy atom. The van der Waals surface area contributed by atoms with E-state index in [-0.39, 0.29) is 18.6 Å². The van der Waals surface area contributed by atoms with Gasteiger partial charge in [0.15, 0.2) is 0 Å². The Morgan fingerprint density at radius 3 is 2.67 bits per heavy atom. The van der Waals surface area contributed by atoms with Crippen LogP contribution in [-0.4, -0.2) is 18.6 Å². The van der Waals surface area contributed by atoms with E-state index in [1.54, 1.807) is 24.3 Å². The van der Waals surface area contributed by atoms with Gasteiger partial charge in [0.2, 0.25) is 5.91 Å². The monoisotopic (exact) mass is 246 g/mol. The van der Waals surface area contributed by atoms with E-state index in [4.69, 9.17) is 10.00 Å². The summed E-state index contributed by atoms with van der Waals surface area (Å²) in [6.07, 6.45) is 2.09. The number of rotatable bonds is 6. The van der Waals surface area contributed by atoms with Gasteiger partial charge in [0.05, 0.1) is 17.7 Å². The van der Waals surface area contributed by atoms with E-state index in [1.165, 1.54) is 0 Å². The SMILES string of the molecule is CCCC(C)OCC(=O)Nc1ccc(C#N)cc1. The highest BCUT2D eigenvalue weighted by atomic mass is 16.5. The molecule has 0 spiro atoms. The van der Waals surface area contributed by atoms with Crippen LogP contribution in [0.5, 0.6) is 0 Å². The third-order valence-electron chi connectivity index (χ3n) is 2.49. The molecule has 0 aliphatic heterocycles. The van der Waals surface area contributed by atoms with Crippen molar-refractivity contribution in [2.75, 3.05) is 11.9 Å². The molecular formula is C14H18N2O2. The Morgan fingerprint density at radius 2 is 2.11 bits per heavy atom. The number of anilines is 1. The first-order valence-electron chi connectivity index (χ1n) is 6.07. The van der Waals surface area contributed by atoms with Gasteiger partial charge in [0, 0.05) is 5.69 Å². The summed E-state index contributed by atoms with van der Waals surface area (Å²) in [4.78, 5) is 11.6. The Hall–Kier alpha value is -1.86. The molecule has 1 amide bonds. The van der Waals surface area contributed by atoms with Crippen molar-refractivity contribution in [3.05, 3.63) is 29.8 Å². The number of benzene rings is 1. The van der Waals surface area contributed by atoms with Crippen molar-refractivity contribution in [2.24, 2.45) is 0 Å². The molecule has 1 N–H and O–H groups in total. The summed E-state index contributed by atoms with van der Waals surface area (Å²) in [7, 11) is 0. The van der Waals surface area contributed by atoms with Gasteiger partial charge in [-0.2, -0.15) is 5.26 Å². The van der Waals surface area contributed by atoms with Gasteiger partial charge in [-0.3, -0.25) is 4.79 Å². The van der Waals surface area contributed by atoms with Crippen molar-refractivity contribution in [3.63, 3.8) is 0 Å². The molecule has 4 nitrogen and oxygen atoms in total. The third-order valence-corrected chi connectivity index (χ3v) is 2.49. The number of nitrogens with one attached hydrogen (secondary N) is 1. The summed E-state index contributed by atoms with van der Waals surface area (Å²) in [5, 5.41) is 11.4. The number of nitrogens with zero attached hydrogens (tertiary/aromatic N) is 1. The zero-order valence-electron chi connectivity index (χ0n) is 10.8. The summed E-state index contributed by atoms with van der Waals surface area (Å²) in [5.41, 5.74) is 1.24. The molecule has 96 valence electrons. The van der Waals surface area contributed by atoms with E-state index >= 15 is 0 Å². The second-order valence-corrected chi connectivity index (χ2v) is 4.15. The molecule has 0 aliphatic rings. The summed E-state index contributed by atoms with van der Waals surface area (Å²) < 4.78 is 5.40. The number of nitriles is 1. The number of ether oxygens (including phenoxy) is 1. The summed E-state index contributed by atoms with van der Waals surface area (Å²) in [5.74, 6) is -0.178. The van der Waals surface area contributed by atoms with Crippen molar-refractivity contribution in [1.29, 1.82) is 5.26 Å². The Kier molecular flexibility index (Phi) is 5.89. The first-order valence-corrected chi connectivity index (χ1v) is 6.07. The summed E-state index contributed by atoms with van der Waals surface area (Å²) in [6.45, 7) is 4.09. The lowest BCUT2D eigenvalue weighted by atomic mass is 10.2. The quantitative estimate of drug-likeness (QED) is 0.839. The number of hydrogen-bond donors (Lipinski definition) is 1. The smallest absolute Gasteiger partial charge is 0.250 e. The number of carbonyl (C=O) groups excluding carboxylic acids is 1. The van der Waals surface area contributed by atoms with Crippen LogP contribution in [0.1, 0.15) is 32.3 Å². The maximum Gasteiger partial charge on any atom is 0.250 e. The van der Waals surface area contributed by atoms with Gasteiger partial charge in [-0.15, -0.1) is 0 Å². The van der Waals surface area contributed by atoms with Crippen LogP contribution in [0.3, 0.4) is 0 Å². The molecule has 0 aromatic heterocycles. The fourth-order valence-electron chi connectivity index (χ4n) is 1.53. The normalized spacial score (nSPS) is 11.6.